The number of hydrogen-bond acceptors (Lipinski definition) is 4. The van der Waals surface area contributed by atoms with E-state index in [2.05, 4.69) is 17.3 Å². The van der Waals surface area contributed by atoms with Crippen LogP contribution in [0.4, 0.5) is 5.69 Å². The normalized spacial score (nSPS) is 18.6. The number of nitrogens with two attached hydrogens (primary N) is 1. The molecule has 1 aromatic rings. The first-order valence-electron chi connectivity index (χ1n) is 5.48. The molecule has 16 heavy (non-hydrogen) atoms. The molecule has 0 aromatic carbocycles. The molecule has 0 spiro atoms. The minimum absolute atomic E-state index is 0.0104. The lowest BCUT2D eigenvalue weighted by atomic mass is 10.1. The number of amides is 1. The Kier molecular flexibility index (Phi) is 3.46. The van der Waals surface area contributed by atoms with Crippen molar-refractivity contribution < 1.29 is 4.79 Å². The molecular formula is C11H17N3OS. The van der Waals surface area contributed by atoms with Gasteiger partial charge in [0, 0.05) is 17.1 Å². The van der Waals surface area contributed by atoms with Crippen LogP contribution in [-0.4, -0.2) is 37.0 Å². The monoisotopic (exact) mass is 239 g/mol. The molecule has 1 fully saturated rings. The van der Waals surface area contributed by atoms with Gasteiger partial charge in [0.25, 0.3) is 5.91 Å². The third-order valence-electron chi connectivity index (χ3n) is 2.90. The summed E-state index contributed by atoms with van der Waals surface area (Å²) in [7, 11) is 2.11. The first-order valence-corrected chi connectivity index (χ1v) is 6.36. The summed E-state index contributed by atoms with van der Waals surface area (Å²) in [5.74, 6) is 0.0104. The molecule has 0 radical (unpaired) electrons. The SMILES string of the molecule is CN1CCC(NC(=O)c2cc(N)cs2)CC1. The molecule has 5 heteroatoms. The van der Waals surface area contributed by atoms with Crippen molar-refractivity contribution in [1.82, 2.24) is 10.2 Å². The van der Waals surface area contributed by atoms with E-state index in [9.17, 15) is 4.79 Å². The summed E-state index contributed by atoms with van der Waals surface area (Å²) in [6.45, 7) is 2.11. The van der Waals surface area contributed by atoms with E-state index >= 15 is 0 Å². The number of piperidine rings is 1. The molecule has 1 saturated heterocycles. The first kappa shape index (κ1) is 11.4. The maximum Gasteiger partial charge on any atom is 0.261 e. The Hall–Kier alpha value is -1.07. The number of anilines is 1. The molecule has 88 valence electrons. The van der Waals surface area contributed by atoms with Crippen LogP contribution in [-0.2, 0) is 0 Å². The van der Waals surface area contributed by atoms with Gasteiger partial charge in [-0.1, -0.05) is 0 Å². The van der Waals surface area contributed by atoms with Crippen molar-refractivity contribution in [1.29, 1.82) is 0 Å². The fourth-order valence-electron chi connectivity index (χ4n) is 1.88. The summed E-state index contributed by atoms with van der Waals surface area (Å²) in [4.78, 5) is 14.8. The van der Waals surface area contributed by atoms with Gasteiger partial charge in [0.15, 0.2) is 0 Å². The summed E-state index contributed by atoms with van der Waals surface area (Å²) in [6, 6.07) is 2.04. The average molecular weight is 239 g/mol. The number of carbonyl (C=O) groups excluding carboxylic acids is 1. The molecule has 4 nitrogen and oxygen atoms in total. The van der Waals surface area contributed by atoms with Crippen LogP contribution in [0.25, 0.3) is 0 Å². The Bertz CT molecular complexity index is 369. The third-order valence-corrected chi connectivity index (χ3v) is 3.84. The molecule has 2 heterocycles. The Balaban J connectivity index is 1.88. The fourth-order valence-corrected chi connectivity index (χ4v) is 2.58. The van der Waals surface area contributed by atoms with Crippen molar-refractivity contribution in [3.63, 3.8) is 0 Å². The second-order valence-corrected chi connectivity index (χ2v) is 5.21. The van der Waals surface area contributed by atoms with Crippen molar-refractivity contribution in [3.8, 4) is 0 Å². The van der Waals surface area contributed by atoms with Crippen LogP contribution in [0.5, 0.6) is 0 Å². The number of thiophene rings is 1. The van der Waals surface area contributed by atoms with E-state index in [1.807, 2.05) is 0 Å². The highest BCUT2D eigenvalue weighted by atomic mass is 32.1. The van der Waals surface area contributed by atoms with E-state index in [1.54, 1.807) is 11.4 Å². The predicted octanol–water partition coefficient (Wildman–Crippen LogP) is 1.15. The molecule has 2 rings (SSSR count). The number of nitrogens with one attached hydrogen (secondary N) is 1. The van der Waals surface area contributed by atoms with Gasteiger partial charge in [0.2, 0.25) is 0 Å². The first-order chi connectivity index (χ1) is 7.65. The maximum atomic E-state index is 11.8. The molecule has 0 aliphatic carbocycles. The quantitative estimate of drug-likeness (QED) is 0.814. The minimum atomic E-state index is 0.0104. The largest absolute Gasteiger partial charge is 0.398 e. The Morgan fingerprint density at radius 1 is 1.56 bits per heavy atom. The number of nitrogens with zero attached hydrogens (tertiary/aromatic N) is 1. The van der Waals surface area contributed by atoms with Gasteiger partial charge in [-0.05, 0) is 39.0 Å². The molecule has 1 aliphatic rings. The van der Waals surface area contributed by atoms with Crippen LogP contribution in [0.3, 0.4) is 0 Å². The number of rotatable bonds is 2. The second kappa shape index (κ2) is 4.84. The van der Waals surface area contributed by atoms with E-state index in [-0.39, 0.29) is 5.91 Å². The van der Waals surface area contributed by atoms with Crippen LogP contribution in [0.15, 0.2) is 11.4 Å². The second-order valence-electron chi connectivity index (χ2n) is 4.30. The predicted molar refractivity (Wildman–Crippen MR) is 66.7 cm³/mol. The van der Waals surface area contributed by atoms with Gasteiger partial charge >= 0.3 is 0 Å². The molecule has 3 N–H and O–H groups in total. The average Bonchev–Trinajstić information content (AvgIpc) is 2.68. The molecule has 1 amide bonds. The maximum absolute atomic E-state index is 11.8. The molecule has 0 atom stereocenters. The lowest BCUT2D eigenvalue weighted by Gasteiger charge is -2.29. The lowest BCUT2D eigenvalue weighted by Crippen LogP contribution is -2.43. The molecule has 0 unspecified atom stereocenters. The van der Waals surface area contributed by atoms with Gasteiger partial charge in [-0.25, -0.2) is 0 Å². The highest BCUT2D eigenvalue weighted by molar-refractivity contribution is 7.12. The minimum Gasteiger partial charge on any atom is -0.398 e. The van der Waals surface area contributed by atoms with Gasteiger partial charge in [-0.2, -0.15) is 0 Å². The Morgan fingerprint density at radius 3 is 2.81 bits per heavy atom. The van der Waals surface area contributed by atoms with E-state index in [1.165, 1.54) is 11.3 Å². The lowest BCUT2D eigenvalue weighted by molar-refractivity contribution is 0.0921. The van der Waals surface area contributed by atoms with E-state index in [4.69, 9.17) is 5.73 Å². The Morgan fingerprint density at radius 2 is 2.25 bits per heavy atom. The highest BCUT2D eigenvalue weighted by Gasteiger charge is 2.19. The van der Waals surface area contributed by atoms with Crippen molar-refractivity contribution in [2.24, 2.45) is 0 Å². The van der Waals surface area contributed by atoms with Gasteiger partial charge in [-0.3, -0.25) is 4.79 Å². The van der Waals surface area contributed by atoms with Crippen LogP contribution in [0, 0.1) is 0 Å². The van der Waals surface area contributed by atoms with Crippen molar-refractivity contribution in [2.75, 3.05) is 25.9 Å². The van der Waals surface area contributed by atoms with Crippen LogP contribution in [0.2, 0.25) is 0 Å². The zero-order valence-corrected chi connectivity index (χ0v) is 10.2. The summed E-state index contributed by atoms with van der Waals surface area (Å²) < 4.78 is 0. The molecule has 0 bridgehead atoms. The standard InChI is InChI=1S/C11H17N3OS/c1-14-4-2-9(3-5-14)13-11(15)10-6-8(12)7-16-10/h6-7,9H,2-5,12H2,1H3,(H,13,15). The van der Waals surface area contributed by atoms with Crippen molar-refractivity contribution in [2.45, 2.75) is 18.9 Å². The van der Waals surface area contributed by atoms with Crippen LogP contribution >= 0.6 is 11.3 Å². The van der Waals surface area contributed by atoms with Gasteiger partial charge < -0.3 is 16.0 Å². The van der Waals surface area contributed by atoms with Crippen molar-refractivity contribution >= 4 is 22.9 Å². The number of likely N-dealkylation sites (tertiary alicyclic amines) is 1. The van der Waals surface area contributed by atoms with E-state index in [0.717, 1.165) is 25.9 Å². The van der Waals surface area contributed by atoms with Gasteiger partial charge in [0.05, 0.1) is 4.88 Å². The summed E-state index contributed by atoms with van der Waals surface area (Å²) in [6.07, 6.45) is 2.06. The van der Waals surface area contributed by atoms with Crippen LogP contribution in [0.1, 0.15) is 22.5 Å². The van der Waals surface area contributed by atoms with E-state index in [0.29, 0.717) is 16.6 Å². The highest BCUT2D eigenvalue weighted by Crippen LogP contribution is 2.17. The zero-order valence-electron chi connectivity index (χ0n) is 9.40. The fraction of sp³-hybridized carbons (Fsp3) is 0.545. The zero-order chi connectivity index (χ0) is 11.5. The van der Waals surface area contributed by atoms with Gasteiger partial charge in [-0.15, -0.1) is 11.3 Å². The molecular weight excluding hydrogens is 222 g/mol. The topological polar surface area (TPSA) is 58.4 Å². The number of hydrogen-bond donors (Lipinski definition) is 2. The van der Waals surface area contributed by atoms with Crippen molar-refractivity contribution in [3.05, 3.63) is 16.3 Å². The van der Waals surface area contributed by atoms with Gasteiger partial charge in [0.1, 0.15) is 0 Å². The number of nitrogen functional groups attached to an aromatic ring is 1. The molecule has 1 aliphatic heterocycles. The smallest absolute Gasteiger partial charge is 0.261 e. The third kappa shape index (κ3) is 2.74. The summed E-state index contributed by atoms with van der Waals surface area (Å²) in [5.41, 5.74) is 6.26. The van der Waals surface area contributed by atoms with E-state index < -0.39 is 0 Å². The molecule has 1 aromatic heterocycles. The van der Waals surface area contributed by atoms with Crippen LogP contribution < -0.4 is 11.1 Å². The summed E-state index contributed by atoms with van der Waals surface area (Å²) >= 11 is 1.40. The molecule has 0 saturated carbocycles. The Labute approximate surface area is 99.4 Å². The number of carbonyl (C=O) groups is 1. The summed E-state index contributed by atoms with van der Waals surface area (Å²) in [5, 5.41) is 4.85.